The van der Waals surface area contributed by atoms with Gasteiger partial charge in [0.05, 0.1) is 12.2 Å². The number of morpholine rings is 1. The molecule has 2 saturated heterocycles. The maximum absolute atomic E-state index is 11.3. The lowest BCUT2D eigenvalue weighted by molar-refractivity contribution is -0.150. The Balaban J connectivity index is 1.30. The number of amides is 1. The second-order valence-electron chi connectivity index (χ2n) is 7.04. The van der Waals surface area contributed by atoms with Crippen LogP contribution >= 0.6 is 0 Å². The molecule has 1 N–H and O–H groups in total. The van der Waals surface area contributed by atoms with E-state index in [9.17, 15) is 4.79 Å². The van der Waals surface area contributed by atoms with Crippen LogP contribution in [-0.2, 0) is 16.0 Å². The van der Waals surface area contributed by atoms with Gasteiger partial charge in [0.15, 0.2) is 0 Å². The van der Waals surface area contributed by atoms with Crippen LogP contribution in [0.15, 0.2) is 24.3 Å². The van der Waals surface area contributed by atoms with Gasteiger partial charge in [0, 0.05) is 32.1 Å². The second-order valence-corrected chi connectivity index (χ2v) is 7.04. The molecule has 5 heteroatoms. The van der Waals surface area contributed by atoms with Crippen molar-refractivity contribution in [3.8, 4) is 5.75 Å². The second kappa shape index (κ2) is 6.13. The number of nitrogens with one attached hydrogen (secondary N) is 1. The van der Waals surface area contributed by atoms with Gasteiger partial charge in [-0.25, -0.2) is 0 Å². The third-order valence-corrected chi connectivity index (χ3v) is 5.36. The van der Waals surface area contributed by atoms with Crippen LogP contribution in [0.4, 0.5) is 0 Å². The number of ether oxygens (including phenoxy) is 2. The minimum atomic E-state index is -0.125. The first kappa shape index (κ1) is 15.0. The summed E-state index contributed by atoms with van der Waals surface area (Å²) in [5, 5.41) is 2.95. The minimum absolute atomic E-state index is 0.0103. The van der Waals surface area contributed by atoms with Crippen molar-refractivity contribution in [3.05, 3.63) is 29.8 Å². The van der Waals surface area contributed by atoms with E-state index in [-0.39, 0.29) is 18.1 Å². The summed E-state index contributed by atoms with van der Waals surface area (Å²) < 4.78 is 11.7. The molecule has 1 spiro atoms. The first-order chi connectivity index (χ1) is 11.2. The molecular weight excluding hydrogens is 292 g/mol. The van der Waals surface area contributed by atoms with Gasteiger partial charge in [0.2, 0.25) is 5.91 Å². The summed E-state index contributed by atoms with van der Waals surface area (Å²) in [7, 11) is 0. The molecular formula is C18H24N2O3. The quantitative estimate of drug-likeness (QED) is 0.891. The number of rotatable bonds is 2. The topological polar surface area (TPSA) is 50.8 Å². The lowest BCUT2D eigenvalue weighted by Gasteiger charge is -2.44. The summed E-state index contributed by atoms with van der Waals surface area (Å²) >= 11 is 0. The summed E-state index contributed by atoms with van der Waals surface area (Å²) in [5.41, 5.74) is 1.20. The van der Waals surface area contributed by atoms with E-state index in [0.29, 0.717) is 12.5 Å². The first-order valence-electron chi connectivity index (χ1n) is 8.56. The van der Waals surface area contributed by atoms with Crippen molar-refractivity contribution in [1.29, 1.82) is 0 Å². The molecule has 1 atom stereocenters. The summed E-state index contributed by atoms with van der Waals surface area (Å²) in [6, 6.07) is 8.35. The van der Waals surface area contributed by atoms with Crippen LogP contribution in [0.3, 0.4) is 0 Å². The first-order valence-corrected chi connectivity index (χ1v) is 8.56. The molecule has 23 heavy (non-hydrogen) atoms. The van der Waals surface area contributed by atoms with Gasteiger partial charge in [-0.1, -0.05) is 18.2 Å². The van der Waals surface area contributed by atoms with Gasteiger partial charge >= 0.3 is 0 Å². The van der Waals surface area contributed by atoms with Crippen molar-refractivity contribution in [2.75, 3.05) is 39.4 Å². The van der Waals surface area contributed by atoms with Gasteiger partial charge in [0.25, 0.3) is 0 Å². The van der Waals surface area contributed by atoms with Crippen molar-refractivity contribution in [2.45, 2.75) is 24.9 Å². The molecule has 1 aromatic carbocycles. The molecule has 3 heterocycles. The lowest BCUT2D eigenvalue weighted by Crippen LogP contribution is -2.57. The number of benzene rings is 1. The molecule has 4 rings (SSSR count). The Kier molecular flexibility index (Phi) is 3.99. The number of carbonyl (C=O) groups is 1. The molecule has 3 aliphatic heterocycles. The highest BCUT2D eigenvalue weighted by Crippen LogP contribution is 2.30. The fourth-order valence-electron chi connectivity index (χ4n) is 3.92. The molecule has 124 valence electrons. The molecule has 0 saturated carbocycles. The third-order valence-electron chi connectivity index (χ3n) is 5.36. The van der Waals surface area contributed by atoms with Crippen molar-refractivity contribution in [3.63, 3.8) is 0 Å². The van der Waals surface area contributed by atoms with Crippen LogP contribution in [0.1, 0.15) is 18.4 Å². The standard InChI is InChI=1S/C18H24N2O3/c21-17-12-23-18(13-19-17)5-7-20(8-6-18)10-14-9-15-3-1-2-4-16(15)22-11-14/h1-4,14H,5-13H2,(H,19,21). The zero-order valence-electron chi connectivity index (χ0n) is 13.4. The number of nitrogens with zero attached hydrogens (tertiary/aromatic N) is 1. The minimum Gasteiger partial charge on any atom is -0.493 e. The predicted octanol–water partition coefficient (Wildman–Crippen LogP) is 1.22. The molecule has 0 aliphatic carbocycles. The fourth-order valence-corrected chi connectivity index (χ4v) is 3.92. The van der Waals surface area contributed by atoms with Gasteiger partial charge < -0.3 is 19.7 Å². The average molecular weight is 316 g/mol. The largest absolute Gasteiger partial charge is 0.493 e. The molecule has 1 unspecified atom stereocenters. The maximum Gasteiger partial charge on any atom is 0.246 e. The lowest BCUT2D eigenvalue weighted by atomic mass is 9.88. The van der Waals surface area contributed by atoms with Crippen molar-refractivity contribution in [2.24, 2.45) is 5.92 Å². The zero-order valence-corrected chi connectivity index (χ0v) is 13.4. The number of piperidine rings is 1. The summed E-state index contributed by atoms with van der Waals surface area (Å²) in [4.78, 5) is 13.8. The Morgan fingerprint density at radius 3 is 2.87 bits per heavy atom. The van der Waals surface area contributed by atoms with Gasteiger partial charge in [-0.3, -0.25) is 4.79 Å². The Morgan fingerprint density at radius 2 is 2.09 bits per heavy atom. The van der Waals surface area contributed by atoms with E-state index in [2.05, 4.69) is 28.4 Å². The van der Waals surface area contributed by atoms with Gasteiger partial charge in [-0.2, -0.15) is 0 Å². The van der Waals surface area contributed by atoms with E-state index in [1.165, 1.54) is 5.56 Å². The third kappa shape index (κ3) is 3.21. The Labute approximate surface area is 136 Å². The number of carbonyl (C=O) groups excluding carboxylic acids is 1. The molecule has 1 aromatic rings. The SMILES string of the molecule is O=C1COC2(CCN(CC3COc4ccccc4C3)CC2)CN1. The van der Waals surface area contributed by atoms with Gasteiger partial charge in [-0.15, -0.1) is 0 Å². The fraction of sp³-hybridized carbons (Fsp3) is 0.611. The van der Waals surface area contributed by atoms with Crippen LogP contribution in [0.2, 0.25) is 0 Å². The molecule has 2 fully saturated rings. The highest BCUT2D eigenvalue weighted by Gasteiger charge is 2.39. The van der Waals surface area contributed by atoms with E-state index in [1.807, 2.05) is 6.07 Å². The predicted molar refractivity (Wildman–Crippen MR) is 86.5 cm³/mol. The normalized spacial score (nSPS) is 27.1. The Hall–Kier alpha value is -1.59. The average Bonchev–Trinajstić information content (AvgIpc) is 2.60. The molecule has 5 nitrogen and oxygen atoms in total. The highest BCUT2D eigenvalue weighted by atomic mass is 16.5. The van der Waals surface area contributed by atoms with Gasteiger partial charge in [-0.05, 0) is 30.9 Å². The Morgan fingerprint density at radius 1 is 1.26 bits per heavy atom. The zero-order chi connectivity index (χ0) is 15.7. The number of hydrogen-bond donors (Lipinski definition) is 1. The van der Waals surface area contributed by atoms with E-state index in [1.54, 1.807) is 0 Å². The van der Waals surface area contributed by atoms with Crippen LogP contribution in [0.5, 0.6) is 5.75 Å². The molecule has 0 bridgehead atoms. The van der Waals surface area contributed by atoms with Crippen molar-refractivity contribution >= 4 is 5.91 Å². The van der Waals surface area contributed by atoms with E-state index < -0.39 is 0 Å². The van der Waals surface area contributed by atoms with Crippen molar-refractivity contribution in [1.82, 2.24) is 10.2 Å². The molecule has 3 aliphatic rings. The summed E-state index contributed by atoms with van der Waals surface area (Å²) in [6.45, 7) is 4.84. The smallest absolute Gasteiger partial charge is 0.246 e. The molecule has 0 radical (unpaired) electrons. The van der Waals surface area contributed by atoms with Crippen LogP contribution in [-0.4, -0.2) is 55.8 Å². The summed E-state index contributed by atoms with van der Waals surface area (Å²) in [5.74, 6) is 1.62. The summed E-state index contributed by atoms with van der Waals surface area (Å²) in [6.07, 6.45) is 3.10. The van der Waals surface area contributed by atoms with Crippen LogP contribution in [0.25, 0.3) is 0 Å². The van der Waals surface area contributed by atoms with Crippen molar-refractivity contribution < 1.29 is 14.3 Å². The maximum atomic E-state index is 11.3. The van der Waals surface area contributed by atoms with Crippen LogP contribution in [0, 0.1) is 5.92 Å². The molecule has 1 amide bonds. The van der Waals surface area contributed by atoms with E-state index in [0.717, 1.165) is 51.3 Å². The monoisotopic (exact) mass is 316 g/mol. The number of hydrogen-bond acceptors (Lipinski definition) is 4. The number of fused-ring (bicyclic) bond motifs is 1. The Bertz CT molecular complexity index is 569. The highest BCUT2D eigenvalue weighted by molar-refractivity contribution is 5.78. The van der Waals surface area contributed by atoms with E-state index >= 15 is 0 Å². The molecule has 0 aromatic heterocycles. The van der Waals surface area contributed by atoms with E-state index in [4.69, 9.17) is 9.47 Å². The number of likely N-dealkylation sites (tertiary alicyclic amines) is 1. The van der Waals surface area contributed by atoms with Crippen LogP contribution < -0.4 is 10.1 Å². The number of para-hydroxylation sites is 1. The van der Waals surface area contributed by atoms with Gasteiger partial charge in [0.1, 0.15) is 12.4 Å².